The summed E-state index contributed by atoms with van der Waals surface area (Å²) < 4.78 is 0. The summed E-state index contributed by atoms with van der Waals surface area (Å²) in [4.78, 5) is 54.7. The van der Waals surface area contributed by atoms with Crippen molar-refractivity contribution in [1.82, 2.24) is 20.4 Å². The summed E-state index contributed by atoms with van der Waals surface area (Å²) in [6.45, 7) is 2.73. The molecule has 2 aliphatic heterocycles. The Morgan fingerprint density at radius 1 is 0.537 bits per heavy atom. The fourth-order valence-corrected chi connectivity index (χ4v) is 5.74. The molecule has 2 aliphatic rings. The standard InChI is InChI=1S/C31H30N6O4/c32-20-14-18-4-1-6-22-26(18)24(16-20)30(40)36(28(22)38)12-10-34-8-3-9-35-11-13-37-29(39)23-7-2-5-19-15-21(33)17-25(27(19)23)31(37)41/h1-2,4-7,14-17,34-35H,3,8-13,32-33H2. The molecule has 10 heteroatoms. The second-order valence-electron chi connectivity index (χ2n) is 10.3. The molecule has 208 valence electrons. The maximum Gasteiger partial charge on any atom is 0.261 e. The molecule has 4 aromatic rings. The zero-order chi connectivity index (χ0) is 28.7. The first-order chi connectivity index (χ1) is 19.8. The van der Waals surface area contributed by atoms with E-state index in [-0.39, 0.29) is 36.7 Å². The summed E-state index contributed by atoms with van der Waals surface area (Å²) >= 11 is 0. The molecule has 0 aliphatic carbocycles. The maximum absolute atomic E-state index is 13.1. The normalized spacial score (nSPS) is 14.5. The molecular weight excluding hydrogens is 520 g/mol. The van der Waals surface area contributed by atoms with E-state index < -0.39 is 0 Å². The van der Waals surface area contributed by atoms with Gasteiger partial charge in [-0.25, -0.2) is 0 Å². The third-order valence-electron chi connectivity index (χ3n) is 7.63. The highest BCUT2D eigenvalue weighted by atomic mass is 16.2. The molecule has 0 aromatic heterocycles. The largest absolute Gasteiger partial charge is 0.399 e. The molecule has 6 rings (SSSR count). The van der Waals surface area contributed by atoms with Crippen LogP contribution in [0.5, 0.6) is 0 Å². The minimum atomic E-state index is -0.335. The lowest BCUT2D eigenvalue weighted by atomic mass is 9.93. The lowest BCUT2D eigenvalue weighted by molar-refractivity contribution is 0.0597. The number of benzene rings is 4. The monoisotopic (exact) mass is 550 g/mol. The minimum absolute atomic E-state index is 0.244. The first-order valence-electron chi connectivity index (χ1n) is 13.6. The van der Waals surface area contributed by atoms with Crippen LogP contribution >= 0.6 is 0 Å². The van der Waals surface area contributed by atoms with Crippen LogP contribution in [-0.2, 0) is 0 Å². The van der Waals surface area contributed by atoms with Crippen LogP contribution < -0.4 is 22.1 Å². The first-order valence-corrected chi connectivity index (χ1v) is 13.6. The van der Waals surface area contributed by atoms with E-state index in [1.165, 1.54) is 9.80 Å². The molecular formula is C31H30N6O4. The second-order valence-corrected chi connectivity index (χ2v) is 10.3. The molecule has 4 amide bonds. The van der Waals surface area contributed by atoms with Gasteiger partial charge in [-0.3, -0.25) is 29.0 Å². The number of anilines is 2. The summed E-state index contributed by atoms with van der Waals surface area (Å²) in [5.41, 5.74) is 14.9. The minimum Gasteiger partial charge on any atom is -0.399 e. The van der Waals surface area contributed by atoms with Gasteiger partial charge in [0.2, 0.25) is 0 Å². The van der Waals surface area contributed by atoms with Gasteiger partial charge in [-0.2, -0.15) is 0 Å². The number of nitrogens with two attached hydrogens (primary N) is 2. The second kappa shape index (κ2) is 10.6. The highest BCUT2D eigenvalue weighted by molar-refractivity contribution is 6.27. The van der Waals surface area contributed by atoms with Crippen molar-refractivity contribution in [2.24, 2.45) is 0 Å². The van der Waals surface area contributed by atoms with Crippen molar-refractivity contribution < 1.29 is 19.2 Å². The topological polar surface area (TPSA) is 151 Å². The number of carbonyl (C=O) groups excluding carboxylic acids is 4. The van der Waals surface area contributed by atoms with Crippen LogP contribution in [0.25, 0.3) is 21.5 Å². The third-order valence-corrected chi connectivity index (χ3v) is 7.63. The van der Waals surface area contributed by atoms with Gasteiger partial charge in [-0.05, 0) is 66.7 Å². The van der Waals surface area contributed by atoms with Crippen molar-refractivity contribution >= 4 is 56.5 Å². The van der Waals surface area contributed by atoms with Crippen LogP contribution in [-0.4, -0.2) is 72.7 Å². The van der Waals surface area contributed by atoms with Crippen molar-refractivity contribution in [3.8, 4) is 0 Å². The maximum atomic E-state index is 13.1. The number of hydrogen-bond acceptors (Lipinski definition) is 8. The molecule has 0 radical (unpaired) electrons. The van der Waals surface area contributed by atoms with Crippen molar-refractivity contribution in [2.75, 3.05) is 50.7 Å². The molecule has 6 N–H and O–H groups in total. The SMILES string of the molecule is Nc1cc2c3c(cccc3c1)C(=O)N(CCNCCCNCCN1C(=O)c3cccc4cc(N)cc(c34)C1=O)C2=O. The fourth-order valence-electron chi connectivity index (χ4n) is 5.74. The average Bonchev–Trinajstić information content (AvgIpc) is 2.96. The zero-order valence-corrected chi connectivity index (χ0v) is 22.4. The van der Waals surface area contributed by atoms with E-state index in [2.05, 4.69) is 10.6 Å². The molecule has 0 fully saturated rings. The quantitative estimate of drug-likeness (QED) is 0.134. The van der Waals surface area contributed by atoms with Gasteiger partial charge in [0.15, 0.2) is 0 Å². The van der Waals surface area contributed by atoms with Crippen LogP contribution in [0.3, 0.4) is 0 Å². The first kappa shape index (κ1) is 26.4. The Morgan fingerprint density at radius 2 is 0.951 bits per heavy atom. The average molecular weight is 551 g/mol. The molecule has 2 heterocycles. The Balaban J connectivity index is 0.953. The van der Waals surface area contributed by atoms with Crippen LogP contribution in [0.4, 0.5) is 11.4 Å². The highest BCUT2D eigenvalue weighted by Crippen LogP contribution is 2.33. The van der Waals surface area contributed by atoms with Crippen molar-refractivity contribution in [3.05, 3.63) is 82.9 Å². The van der Waals surface area contributed by atoms with Crippen LogP contribution in [0.15, 0.2) is 60.7 Å². The van der Waals surface area contributed by atoms with E-state index in [0.717, 1.165) is 17.2 Å². The predicted octanol–water partition coefficient (Wildman–Crippen LogP) is 2.62. The van der Waals surface area contributed by atoms with E-state index in [0.29, 0.717) is 70.6 Å². The molecule has 10 nitrogen and oxygen atoms in total. The molecule has 0 saturated heterocycles. The Hall–Kier alpha value is -4.80. The number of nitrogen functional groups attached to an aromatic ring is 2. The van der Waals surface area contributed by atoms with E-state index in [4.69, 9.17) is 11.5 Å². The third kappa shape index (κ3) is 4.66. The summed E-state index contributed by atoms with van der Waals surface area (Å²) in [5.74, 6) is -1.27. The van der Waals surface area contributed by atoms with Crippen molar-refractivity contribution in [1.29, 1.82) is 0 Å². The van der Waals surface area contributed by atoms with Gasteiger partial charge in [0.05, 0.1) is 11.1 Å². The van der Waals surface area contributed by atoms with Gasteiger partial charge in [0.1, 0.15) is 0 Å². The van der Waals surface area contributed by atoms with E-state index >= 15 is 0 Å². The van der Waals surface area contributed by atoms with Gasteiger partial charge in [-0.1, -0.05) is 24.3 Å². The van der Waals surface area contributed by atoms with Crippen molar-refractivity contribution in [2.45, 2.75) is 6.42 Å². The van der Waals surface area contributed by atoms with Gasteiger partial charge in [0, 0.05) is 59.5 Å². The molecule has 0 bridgehead atoms. The van der Waals surface area contributed by atoms with E-state index in [1.54, 1.807) is 48.5 Å². The van der Waals surface area contributed by atoms with Gasteiger partial charge >= 0.3 is 0 Å². The molecule has 0 saturated carbocycles. The summed E-state index contributed by atoms with van der Waals surface area (Å²) in [6, 6.07) is 17.6. The number of carbonyl (C=O) groups is 4. The van der Waals surface area contributed by atoms with E-state index in [1.807, 2.05) is 12.1 Å². The Labute approximate surface area is 236 Å². The van der Waals surface area contributed by atoms with Crippen LogP contribution in [0.2, 0.25) is 0 Å². The summed E-state index contributed by atoms with van der Waals surface area (Å²) in [7, 11) is 0. The fraction of sp³-hybridized carbons (Fsp3) is 0.226. The molecule has 4 aromatic carbocycles. The summed E-state index contributed by atoms with van der Waals surface area (Å²) in [5, 5.41) is 9.43. The number of amides is 4. The van der Waals surface area contributed by atoms with Gasteiger partial charge in [0.25, 0.3) is 23.6 Å². The highest BCUT2D eigenvalue weighted by Gasteiger charge is 2.33. The molecule has 0 atom stereocenters. The lowest BCUT2D eigenvalue weighted by Crippen LogP contribution is -2.44. The molecule has 41 heavy (non-hydrogen) atoms. The Morgan fingerprint density at radius 3 is 1.39 bits per heavy atom. The lowest BCUT2D eigenvalue weighted by Gasteiger charge is -2.27. The number of rotatable bonds is 10. The summed E-state index contributed by atoms with van der Waals surface area (Å²) in [6.07, 6.45) is 0.779. The zero-order valence-electron chi connectivity index (χ0n) is 22.4. The smallest absolute Gasteiger partial charge is 0.261 e. The van der Waals surface area contributed by atoms with E-state index in [9.17, 15) is 19.2 Å². The Bertz CT molecular complexity index is 1620. The van der Waals surface area contributed by atoms with Crippen LogP contribution in [0, 0.1) is 0 Å². The van der Waals surface area contributed by atoms with Crippen LogP contribution in [0.1, 0.15) is 47.9 Å². The van der Waals surface area contributed by atoms with Crippen molar-refractivity contribution in [3.63, 3.8) is 0 Å². The Kier molecular flexibility index (Phi) is 6.86. The number of imide groups is 2. The predicted molar refractivity (Wildman–Crippen MR) is 158 cm³/mol. The number of hydrogen-bond donors (Lipinski definition) is 4. The number of nitrogens with one attached hydrogen (secondary N) is 2. The van der Waals surface area contributed by atoms with Gasteiger partial charge < -0.3 is 22.1 Å². The molecule has 0 unspecified atom stereocenters. The van der Waals surface area contributed by atoms with Gasteiger partial charge in [-0.15, -0.1) is 0 Å². The molecule has 0 spiro atoms. The number of nitrogens with zero attached hydrogens (tertiary/aromatic N) is 2.